The summed E-state index contributed by atoms with van der Waals surface area (Å²) in [5.74, 6) is -4.93. The van der Waals surface area contributed by atoms with Crippen LogP contribution in [0.1, 0.15) is 59.8 Å². The summed E-state index contributed by atoms with van der Waals surface area (Å²) in [5, 5.41) is 9.34. The standard InChI is InChI=1S/C23H23ClF3N5O2/c1-9(2)34-20-12(10(3)22-30-11(4)18(31-22)21(28)29)8-13(24)17(27)16(20)23(33)32-19-14(25)6-5-7-15(19)26/h5-10H,1-4H3,(H3,28,29)(H,30,31)(H,32,33). The van der Waals surface area contributed by atoms with Crippen LogP contribution >= 0.6 is 11.6 Å². The number of nitrogen functional groups attached to an aromatic ring is 1. The third-order valence-electron chi connectivity index (χ3n) is 5.03. The van der Waals surface area contributed by atoms with Crippen molar-refractivity contribution >= 4 is 29.0 Å². The number of rotatable bonds is 7. The Bertz CT molecular complexity index is 1260. The number of amidine groups is 1. The highest BCUT2D eigenvalue weighted by molar-refractivity contribution is 6.31. The molecule has 0 aliphatic carbocycles. The first-order valence-corrected chi connectivity index (χ1v) is 10.6. The topological polar surface area (TPSA) is 117 Å². The number of para-hydroxylation sites is 1. The van der Waals surface area contributed by atoms with Gasteiger partial charge in [-0.1, -0.05) is 24.6 Å². The molecule has 0 spiro atoms. The van der Waals surface area contributed by atoms with E-state index in [1.54, 1.807) is 27.7 Å². The molecule has 0 saturated carbocycles. The van der Waals surface area contributed by atoms with Gasteiger partial charge < -0.3 is 20.8 Å². The molecule has 5 N–H and O–H groups in total. The molecule has 1 heterocycles. The van der Waals surface area contributed by atoms with E-state index in [0.717, 1.165) is 18.2 Å². The Balaban J connectivity index is 2.17. The molecule has 2 aromatic carbocycles. The SMILES string of the molecule is Cc1nc(C(C)c2cc(Cl)c(F)c(C(=O)Nc3c(F)cccc3F)c2OC(C)C)[nH]c1C(=N)N. The number of nitrogens with one attached hydrogen (secondary N) is 3. The highest BCUT2D eigenvalue weighted by Crippen LogP contribution is 2.39. The molecule has 7 nitrogen and oxygen atoms in total. The molecular formula is C23H23ClF3N5O2. The number of carbonyl (C=O) groups excluding carboxylic acids is 1. The van der Waals surface area contributed by atoms with Crippen molar-refractivity contribution in [1.82, 2.24) is 9.97 Å². The van der Waals surface area contributed by atoms with Crippen LogP contribution in [0, 0.1) is 29.8 Å². The molecule has 3 aromatic rings. The first-order chi connectivity index (χ1) is 15.9. The zero-order valence-electron chi connectivity index (χ0n) is 18.8. The second kappa shape index (κ2) is 9.76. The Morgan fingerprint density at radius 3 is 2.38 bits per heavy atom. The van der Waals surface area contributed by atoms with Gasteiger partial charge in [0.05, 0.1) is 16.8 Å². The predicted molar refractivity (Wildman–Crippen MR) is 123 cm³/mol. The Kier molecular flexibility index (Phi) is 7.21. The number of carbonyl (C=O) groups is 1. The average molecular weight is 494 g/mol. The first kappa shape index (κ1) is 25.1. The van der Waals surface area contributed by atoms with E-state index >= 15 is 4.39 Å². The quantitative estimate of drug-likeness (QED) is 0.265. The van der Waals surface area contributed by atoms with Crippen LogP contribution < -0.4 is 15.8 Å². The smallest absolute Gasteiger partial charge is 0.262 e. The number of imidazole rings is 1. The largest absolute Gasteiger partial charge is 0.490 e. The summed E-state index contributed by atoms with van der Waals surface area (Å²) in [7, 11) is 0. The maximum atomic E-state index is 15.2. The van der Waals surface area contributed by atoms with Crippen LogP contribution in [0.3, 0.4) is 0 Å². The van der Waals surface area contributed by atoms with E-state index in [1.165, 1.54) is 6.07 Å². The number of nitrogens with two attached hydrogens (primary N) is 1. The van der Waals surface area contributed by atoms with E-state index in [0.29, 0.717) is 22.8 Å². The molecule has 34 heavy (non-hydrogen) atoms. The summed E-state index contributed by atoms with van der Waals surface area (Å²) in [6.45, 7) is 6.71. The van der Waals surface area contributed by atoms with Crippen LogP contribution in [-0.4, -0.2) is 27.8 Å². The average Bonchev–Trinajstić information content (AvgIpc) is 3.14. The van der Waals surface area contributed by atoms with E-state index in [4.69, 9.17) is 27.5 Å². The van der Waals surface area contributed by atoms with Gasteiger partial charge in [0.2, 0.25) is 0 Å². The van der Waals surface area contributed by atoms with Crippen LogP contribution in [-0.2, 0) is 0 Å². The number of hydrogen-bond acceptors (Lipinski definition) is 4. The molecule has 3 rings (SSSR count). The van der Waals surface area contributed by atoms with Gasteiger partial charge in [-0.15, -0.1) is 0 Å². The number of H-pyrrole nitrogens is 1. The Labute approximate surface area is 199 Å². The van der Waals surface area contributed by atoms with E-state index in [1.807, 2.05) is 0 Å². The fraction of sp³-hybridized carbons (Fsp3) is 0.261. The summed E-state index contributed by atoms with van der Waals surface area (Å²) in [4.78, 5) is 20.4. The fourth-order valence-electron chi connectivity index (χ4n) is 3.41. The molecular weight excluding hydrogens is 471 g/mol. The van der Waals surface area contributed by atoms with Gasteiger partial charge in [0.15, 0.2) is 5.82 Å². The van der Waals surface area contributed by atoms with Crippen molar-refractivity contribution in [2.24, 2.45) is 5.73 Å². The molecule has 0 aliphatic rings. The normalized spacial score (nSPS) is 12.0. The summed E-state index contributed by atoms with van der Waals surface area (Å²) in [5.41, 5.74) is 5.31. The minimum absolute atomic E-state index is 0.155. The third-order valence-corrected chi connectivity index (χ3v) is 5.31. The number of halogens is 4. The van der Waals surface area contributed by atoms with Crippen molar-refractivity contribution in [3.8, 4) is 5.75 Å². The summed E-state index contributed by atoms with van der Waals surface area (Å²) >= 11 is 6.11. The minimum Gasteiger partial charge on any atom is -0.490 e. The molecule has 0 radical (unpaired) electrons. The number of benzene rings is 2. The van der Waals surface area contributed by atoms with Crippen molar-refractivity contribution < 1.29 is 22.7 Å². The van der Waals surface area contributed by atoms with Gasteiger partial charge in [0.1, 0.15) is 46.0 Å². The Morgan fingerprint density at radius 1 is 1.24 bits per heavy atom. The highest BCUT2D eigenvalue weighted by atomic mass is 35.5. The van der Waals surface area contributed by atoms with Crippen LogP contribution in [0.4, 0.5) is 18.9 Å². The van der Waals surface area contributed by atoms with Gasteiger partial charge in [0.25, 0.3) is 5.91 Å². The first-order valence-electron chi connectivity index (χ1n) is 10.3. The number of nitrogens with zero attached hydrogens (tertiary/aromatic N) is 1. The van der Waals surface area contributed by atoms with Crippen molar-refractivity contribution in [3.63, 3.8) is 0 Å². The van der Waals surface area contributed by atoms with Crippen LogP contribution in [0.2, 0.25) is 5.02 Å². The lowest BCUT2D eigenvalue weighted by Gasteiger charge is -2.22. The lowest BCUT2D eigenvalue weighted by Crippen LogP contribution is -2.21. The summed E-state index contributed by atoms with van der Waals surface area (Å²) < 4.78 is 49.2. The van der Waals surface area contributed by atoms with Gasteiger partial charge in [-0.25, -0.2) is 18.2 Å². The molecule has 11 heteroatoms. The zero-order chi connectivity index (χ0) is 25.3. The van der Waals surface area contributed by atoms with Gasteiger partial charge in [-0.2, -0.15) is 0 Å². The minimum atomic E-state index is -1.15. The number of aromatic nitrogens is 2. The lowest BCUT2D eigenvalue weighted by atomic mass is 9.95. The Morgan fingerprint density at radius 2 is 1.85 bits per heavy atom. The second-order valence-electron chi connectivity index (χ2n) is 7.90. The van der Waals surface area contributed by atoms with E-state index in [9.17, 15) is 13.6 Å². The molecule has 1 amide bonds. The van der Waals surface area contributed by atoms with Crippen LogP contribution in [0.5, 0.6) is 5.75 Å². The van der Waals surface area contributed by atoms with Crippen molar-refractivity contribution in [2.75, 3.05) is 5.32 Å². The summed E-state index contributed by atoms with van der Waals surface area (Å²) in [6.07, 6.45) is -0.491. The van der Waals surface area contributed by atoms with Gasteiger partial charge in [-0.3, -0.25) is 10.2 Å². The monoisotopic (exact) mass is 493 g/mol. The van der Waals surface area contributed by atoms with Crippen LogP contribution in [0.25, 0.3) is 0 Å². The van der Waals surface area contributed by atoms with E-state index in [-0.39, 0.29) is 11.6 Å². The third kappa shape index (κ3) is 4.86. The van der Waals surface area contributed by atoms with Gasteiger partial charge >= 0.3 is 0 Å². The molecule has 0 aliphatic heterocycles. The number of amides is 1. The molecule has 1 unspecified atom stereocenters. The number of hydrogen-bond donors (Lipinski definition) is 4. The van der Waals surface area contributed by atoms with Crippen molar-refractivity contribution in [2.45, 2.75) is 39.7 Å². The maximum absolute atomic E-state index is 15.2. The number of ether oxygens (including phenoxy) is 1. The molecule has 0 saturated heterocycles. The number of anilines is 1. The number of aryl methyl sites for hydroxylation is 1. The van der Waals surface area contributed by atoms with Crippen molar-refractivity contribution in [1.29, 1.82) is 5.41 Å². The van der Waals surface area contributed by atoms with Gasteiger partial charge in [0, 0.05) is 11.5 Å². The fourth-order valence-corrected chi connectivity index (χ4v) is 3.62. The van der Waals surface area contributed by atoms with E-state index < -0.39 is 51.7 Å². The van der Waals surface area contributed by atoms with Crippen molar-refractivity contribution in [3.05, 3.63) is 75.1 Å². The molecule has 180 valence electrons. The molecule has 1 aromatic heterocycles. The molecule has 0 bridgehead atoms. The van der Waals surface area contributed by atoms with Crippen LogP contribution in [0.15, 0.2) is 24.3 Å². The Hall–Kier alpha value is -3.53. The van der Waals surface area contributed by atoms with E-state index in [2.05, 4.69) is 15.3 Å². The summed E-state index contributed by atoms with van der Waals surface area (Å²) in [6, 6.07) is 4.34. The lowest BCUT2D eigenvalue weighted by molar-refractivity contribution is 0.101. The second-order valence-corrected chi connectivity index (χ2v) is 8.31. The zero-order valence-corrected chi connectivity index (χ0v) is 19.6. The predicted octanol–water partition coefficient (Wildman–Crippen LogP) is 5.26. The molecule has 0 fully saturated rings. The molecule has 1 atom stereocenters. The maximum Gasteiger partial charge on any atom is 0.262 e. The highest BCUT2D eigenvalue weighted by Gasteiger charge is 2.30. The van der Waals surface area contributed by atoms with Gasteiger partial charge in [-0.05, 0) is 39.0 Å². The number of aromatic amines is 1.